The fourth-order valence-electron chi connectivity index (χ4n) is 2.72. The molecule has 0 fully saturated rings. The van der Waals surface area contributed by atoms with E-state index in [0.29, 0.717) is 41.1 Å². The lowest BCUT2D eigenvalue weighted by atomic mass is 10.2. The molecule has 0 aliphatic carbocycles. The van der Waals surface area contributed by atoms with E-state index in [9.17, 15) is 14.4 Å². The quantitative estimate of drug-likeness (QED) is 0.527. The Balaban J connectivity index is 1.60. The largest absolute Gasteiger partial charge is 0.338 e. The van der Waals surface area contributed by atoms with Crippen molar-refractivity contribution >= 4 is 34.2 Å². The van der Waals surface area contributed by atoms with Crippen molar-refractivity contribution in [2.75, 3.05) is 17.2 Å². The van der Waals surface area contributed by atoms with E-state index in [2.05, 4.69) is 25.9 Å². The van der Waals surface area contributed by atoms with Gasteiger partial charge in [0.1, 0.15) is 5.82 Å². The zero-order valence-corrected chi connectivity index (χ0v) is 15.4. The molecule has 0 spiro atoms. The molecule has 144 valence electrons. The number of hydrogen-bond acceptors (Lipinski definition) is 4. The number of rotatable bonds is 6. The molecule has 0 radical (unpaired) electrons. The molecule has 0 unspecified atom stereocenters. The van der Waals surface area contributed by atoms with Crippen LogP contribution in [0.2, 0.25) is 0 Å². The van der Waals surface area contributed by atoms with Gasteiger partial charge in [0.2, 0.25) is 5.91 Å². The van der Waals surface area contributed by atoms with Gasteiger partial charge in [-0.2, -0.15) is 0 Å². The number of benzene rings is 2. The van der Waals surface area contributed by atoms with Crippen LogP contribution in [0.3, 0.4) is 0 Å². The number of aryl methyl sites for hydroxylation is 1. The molecule has 3 rings (SSSR count). The van der Waals surface area contributed by atoms with Gasteiger partial charge in [-0.1, -0.05) is 18.2 Å². The van der Waals surface area contributed by atoms with Crippen LogP contribution >= 0.6 is 0 Å². The van der Waals surface area contributed by atoms with Gasteiger partial charge in [-0.15, -0.1) is 0 Å². The fourth-order valence-corrected chi connectivity index (χ4v) is 2.72. The first-order chi connectivity index (χ1) is 13.5. The zero-order valence-electron chi connectivity index (χ0n) is 15.4. The Morgan fingerprint density at radius 3 is 2.57 bits per heavy atom. The number of carbonyl (C=O) groups is 2. The summed E-state index contributed by atoms with van der Waals surface area (Å²) in [5, 5.41) is 8.62. The number of nitrogens with zero attached hydrogens (tertiary/aromatic N) is 1. The smallest absolute Gasteiger partial charge is 0.319 e. The van der Waals surface area contributed by atoms with Crippen molar-refractivity contribution in [3.8, 4) is 0 Å². The molecule has 1 aromatic heterocycles. The van der Waals surface area contributed by atoms with Crippen LogP contribution < -0.4 is 21.5 Å². The standard InChI is InChI=1S/C20H21N5O3/c1-2-21-20(28)23-14-7-5-6-13(12-14)22-18(26)11-10-17-24-16-9-4-3-8-15(16)19(27)25-17/h3-9,12H,2,10-11H2,1H3,(H,22,26)(H2,21,23,28)(H,24,25,27). The summed E-state index contributed by atoms with van der Waals surface area (Å²) in [6, 6.07) is 13.6. The molecule has 0 atom stereocenters. The summed E-state index contributed by atoms with van der Waals surface area (Å²) < 4.78 is 0. The third-order valence-corrected chi connectivity index (χ3v) is 3.99. The van der Waals surface area contributed by atoms with E-state index in [1.165, 1.54) is 0 Å². The first-order valence-corrected chi connectivity index (χ1v) is 8.98. The number of aromatic nitrogens is 2. The number of nitrogens with one attached hydrogen (secondary N) is 4. The monoisotopic (exact) mass is 379 g/mol. The second-order valence-electron chi connectivity index (χ2n) is 6.14. The third-order valence-electron chi connectivity index (χ3n) is 3.99. The summed E-state index contributed by atoms with van der Waals surface area (Å²) in [6.45, 7) is 2.35. The summed E-state index contributed by atoms with van der Waals surface area (Å²) in [4.78, 5) is 43.0. The van der Waals surface area contributed by atoms with Crippen molar-refractivity contribution < 1.29 is 9.59 Å². The van der Waals surface area contributed by atoms with Gasteiger partial charge >= 0.3 is 6.03 Å². The molecular weight excluding hydrogens is 358 g/mol. The van der Waals surface area contributed by atoms with Crippen LogP contribution in [0.4, 0.5) is 16.2 Å². The summed E-state index contributed by atoms with van der Waals surface area (Å²) in [5.74, 6) is 0.247. The molecule has 2 aromatic carbocycles. The number of carbonyl (C=O) groups excluding carboxylic acids is 2. The van der Waals surface area contributed by atoms with Crippen molar-refractivity contribution in [3.05, 3.63) is 64.7 Å². The first kappa shape index (κ1) is 19.1. The average Bonchev–Trinajstić information content (AvgIpc) is 2.67. The highest BCUT2D eigenvalue weighted by atomic mass is 16.2. The van der Waals surface area contributed by atoms with Gasteiger partial charge in [-0.05, 0) is 37.3 Å². The maximum atomic E-state index is 12.2. The number of anilines is 2. The van der Waals surface area contributed by atoms with Crippen LogP contribution in [0.15, 0.2) is 53.3 Å². The van der Waals surface area contributed by atoms with E-state index >= 15 is 0 Å². The second kappa shape index (κ2) is 8.81. The summed E-state index contributed by atoms with van der Waals surface area (Å²) in [5.41, 5.74) is 1.53. The molecule has 0 aliphatic rings. The molecule has 8 nitrogen and oxygen atoms in total. The van der Waals surface area contributed by atoms with Crippen LogP contribution in [0.25, 0.3) is 10.9 Å². The molecule has 0 saturated carbocycles. The molecule has 3 amide bonds. The third kappa shape index (κ3) is 4.94. The Labute approximate surface area is 161 Å². The molecule has 28 heavy (non-hydrogen) atoms. The van der Waals surface area contributed by atoms with Crippen LogP contribution in [-0.4, -0.2) is 28.5 Å². The molecule has 4 N–H and O–H groups in total. The minimum absolute atomic E-state index is 0.162. The average molecular weight is 379 g/mol. The van der Waals surface area contributed by atoms with Crippen molar-refractivity contribution in [1.82, 2.24) is 15.3 Å². The van der Waals surface area contributed by atoms with E-state index in [1.54, 1.807) is 42.5 Å². The molecule has 3 aromatic rings. The molecule has 0 bridgehead atoms. The summed E-state index contributed by atoms with van der Waals surface area (Å²) >= 11 is 0. The van der Waals surface area contributed by atoms with Gasteiger partial charge in [0, 0.05) is 30.8 Å². The van der Waals surface area contributed by atoms with Crippen LogP contribution in [0.1, 0.15) is 19.2 Å². The predicted octanol–water partition coefficient (Wildman–Crippen LogP) is 2.64. The van der Waals surface area contributed by atoms with Crippen molar-refractivity contribution in [1.29, 1.82) is 0 Å². The first-order valence-electron chi connectivity index (χ1n) is 8.98. The number of hydrogen-bond donors (Lipinski definition) is 4. The SMILES string of the molecule is CCNC(=O)Nc1cccc(NC(=O)CCc2nc3ccccc3c(=O)[nH]2)c1. The number of para-hydroxylation sites is 1. The Hall–Kier alpha value is -3.68. The fraction of sp³-hybridized carbons (Fsp3) is 0.200. The topological polar surface area (TPSA) is 116 Å². The number of aromatic amines is 1. The highest BCUT2D eigenvalue weighted by Crippen LogP contribution is 2.15. The van der Waals surface area contributed by atoms with Gasteiger partial charge in [0.15, 0.2) is 0 Å². The van der Waals surface area contributed by atoms with Gasteiger partial charge in [0.05, 0.1) is 10.9 Å². The molecule has 0 saturated heterocycles. The Morgan fingerprint density at radius 2 is 1.79 bits per heavy atom. The minimum Gasteiger partial charge on any atom is -0.338 e. The lowest BCUT2D eigenvalue weighted by Gasteiger charge is -2.09. The Bertz CT molecular complexity index is 1060. The number of H-pyrrole nitrogens is 1. The molecular formula is C20H21N5O3. The molecule has 8 heteroatoms. The predicted molar refractivity (Wildman–Crippen MR) is 108 cm³/mol. The van der Waals surface area contributed by atoms with E-state index in [0.717, 1.165) is 0 Å². The Kier molecular flexibility index (Phi) is 6.01. The molecule has 1 heterocycles. The number of urea groups is 1. The van der Waals surface area contributed by atoms with Crippen molar-refractivity contribution in [2.24, 2.45) is 0 Å². The minimum atomic E-state index is -0.308. The highest BCUT2D eigenvalue weighted by Gasteiger charge is 2.08. The molecule has 0 aliphatic heterocycles. The lowest BCUT2D eigenvalue weighted by Crippen LogP contribution is -2.28. The maximum Gasteiger partial charge on any atom is 0.319 e. The normalized spacial score (nSPS) is 10.5. The van der Waals surface area contributed by atoms with Crippen LogP contribution in [0.5, 0.6) is 0 Å². The van der Waals surface area contributed by atoms with E-state index in [1.807, 2.05) is 13.0 Å². The van der Waals surface area contributed by atoms with Gasteiger partial charge in [-0.25, -0.2) is 9.78 Å². The van der Waals surface area contributed by atoms with Gasteiger partial charge < -0.3 is 20.9 Å². The van der Waals surface area contributed by atoms with Crippen LogP contribution in [-0.2, 0) is 11.2 Å². The second-order valence-corrected chi connectivity index (χ2v) is 6.14. The lowest BCUT2D eigenvalue weighted by molar-refractivity contribution is -0.116. The Morgan fingerprint density at radius 1 is 1.04 bits per heavy atom. The van der Waals surface area contributed by atoms with Gasteiger partial charge in [-0.3, -0.25) is 9.59 Å². The maximum absolute atomic E-state index is 12.2. The summed E-state index contributed by atoms with van der Waals surface area (Å²) in [7, 11) is 0. The van der Waals surface area contributed by atoms with Crippen LogP contribution in [0, 0.1) is 0 Å². The van der Waals surface area contributed by atoms with Crippen molar-refractivity contribution in [2.45, 2.75) is 19.8 Å². The van der Waals surface area contributed by atoms with E-state index in [-0.39, 0.29) is 23.9 Å². The zero-order chi connectivity index (χ0) is 19.9. The van der Waals surface area contributed by atoms with E-state index in [4.69, 9.17) is 0 Å². The van der Waals surface area contributed by atoms with E-state index < -0.39 is 0 Å². The summed E-state index contributed by atoms with van der Waals surface area (Å²) in [6.07, 6.45) is 0.470. The highest BCUT2D eigenvalue weighted by molar-refractivity contribution is 5.93. The number of amides is 3. The number of fused-ring (bicyclic) bond motifs is 1. The van der Waals surface area contributed by atoms with Crippen molar-refractivity contribution in [3.63, 3.8) is 0 Å². The van der Waals surface area contributed by atoms with Gasteiger partial charge in [0.25, 0.3) is 5.56 Å².